The summed E-state index contributed by atoms with van der Waals surface area (Å²) in [5, 5.41) is 0. The predicted octanol–water partition coefficient (Wildman–Crippen LogP) is 3.41. The summed E-state index contributed by atoms with van der Waals surface area (Å²) >= 11 is 16.9. The Morgan fingerprint density at radius 2 is 2.08 bits per heavy atom. The molecule has 1 heterocycles. The van der Waals surface area contributed by atoms with Crippen molar-refractivity contribution in [2.45, 2.75) is 36.0 Å². The van der Waals surface area contributed by atoms with Crippen molar-refractivity contribution >= 4 is 34.8 Å². The first-order valence-corrected chi connectivity index (χ1v) is 5.03. The van der Waals surface area contributed by atoms with Gasteiger partial charge in [-0.05, 0) is 13.3 Å². The zero-order valence-electron chi connectivity index (χ0n) is 7.44. The molecule has 0 saturated carbocycles. The first-order valence-electron chi connectivity index (χ1n) is 3.90. The average molecular weight is 246 g/mol. The summed E-state index contributed by atoms with van der Waals surface area (Å²) in [7, 11) is 0. The van der Waals surface area contributed by atoms with Gasteiger partial charge in [0.15, 0.2) is 0 Å². The quantitative estimate of drug-likeness (QED) is 0.659. The number of hydrogen-bond acceptors (Lipinski definition) is 2. The van der Waals surface area contributed by atoms with E-state index in [1.54, 1.807) is 0 Å². The normalized spacial score (nSPS) is 34.8. The monoisotopic (exact) mass is 244 g/mol. The van der Waals surface area contributed by atoms with E-state index in [4.69, 9.17) is 44.3 Å². The van der Waals surface area contributed by atoms with Crippen LogP contribution in [0.1, 0.15) is 20.3 Å². The van der Waals surface area contributed by atoms with E-state index in [2.05, 4.69) is 6.58 Å². The van der Waals surface area contributed by atoms with Crippen molar-refractivity contribution in [1.82, 2.24) is 0 Å². The molecule has 0 amide bonds. The van der Waals surface area contributed by atoms with Crippen molar-refractivity contribution in [2.24, 2.45) is 0 Å². The van der Waals surface area contributed by atoms with Crippen LogP contribution in [0.2, 0.25) is 0 Å². The highest BCUT2D eigenvalue weighted by Gasteiger charge is 2.49. The summed E-state index contributed by atoms with van der Waals surface area (Å²) in [5.74, 6) is 0.506. The van der Waals surface area contributed by atoms with Gasteiger partial charge in [0.1, 0.15) is 11.4 Å². The maximum atomic E-state index is 5.63. The van der Waals surface area contributed by atoms with E-state index in [1.807, 2.05) is 13.8 Å². The largest absolute Gasteiger partial charge is 0.462 e. The molecule has 5 heteroatoms. The lowest BCUT2D eigenvalue weighted by Gasteiger charge is -2.21. The molecule has 0 aromatic rings. The molecule has 1 rings (SSSR count). The van der Waals surface area contributed by atoms with Gasteiger partial charge in [-0.15, -0.1) is 0 Å². The van der Waals surface area contributed by atoms with E-state index in [9.17, 15) is 0 Å². The van der Waals surface area contributed by atoms with Crippen LogP contribution in [0.15, 0.2) is 12.3 Å². The highest BCUT2D eigenvalue weighted by molar-refractivity contribution is 6.67. The van der Waals surface area contributed by atoms with Crippen LogP contribution in [0.3, 0.4) is 0 Å². The fourth-order valence-corrected chi connectivity index (χ4v) is 1.26. The molecule has 0 bridgehead atoms. The standard InChI is InChI=1S/C8H11Cl3O2/c1-4-7(3)5(2)12-6(13-7)8(9,10)11/h6H,2,4H2,1,3H3/t6-,7+/m0/s1. The van der Waals surface area contributed by atoms with Crippen molar-refractivity contribution in [1.29, 1.82) is 0 Å². The Labute approximate surface area is 92.7 Å². The van der Waals surface area contributed by atoms with E-state index in [1.165, 1.54) is 0 Å². The Hall–Kier alpha value is 0.370. The summed E-state index contributed by atoms with van der Waals surface area (Å²) in [6.45, 7) is 7.53. The topological polar surface area (TPSA) is 18.5 Å². The Morgan fingerprint density at radius 1 is 1.54 bits per heavy atom. The molecule has 76 valence electrons. The van der Waals surface area contributed by atoms with Gasteiger partial charge in [-0.25, -0.2) is 0 Å². The molecule has 1 aliphatic heterocycles. The van der Waals surface area contributed by atoms with Crippen molar-refractivity contribution < 1.29 is 9.47 Å². The lowest BCUT2D eigenvalue weighted by atomic mass is 10.0. The zero-order valence-corrected chi connectivity index (χ0v) is 9.71. The summed E-state index contributed by atoms with van der Waals surface area (Å²) in [4.78, 5) is 0. The Balaban J connectivity index is 2.77. The molecule has 1 fully saturated rings. The molecule has 2 atom stereocenters. The molecule has 0 spiro atoms. The van der Waals surface area contributed by atoms with E-state index >= 15 is 0 Å². The van der Waals surface area contributed by atoms with Gasteiger partial charge in [-0.1, -0.05) is 48.3 Å². The maximum Gasteiger partial charge on any atom is 0.252 e. The summed E-state index contributed by atoms with van der Waals surface area (Å²) in [5.41, 5.74) is -0.547. The second-order valence-electron chi connectivity index (χ2n) is 3.12. The van der Waals surface area contributed by atoms with Crippen molar-refractivity contribution in [3.63, 3.8) is 0 Å². The van der Waals surface area contributed by atoms with Gasteiger partial charge >= 0.3 is 0 Å². The van der Waals surface area contributed by atoms with Crippen LogP contribution in [0.4, 0.5) is 0 Å². The number of hydrogen-bond donors (Lipinski definition) is 0. The second kappa shape index (κ2) is 3.50. The van der Waals surface area contributed by atoms with E-state index in [0.717, 1.165) is 6.42 Å². The third-order valence-electron chi connectivity index (χ3n) is 2.15. The molecule has 1 aliphatic rings. The van der Waals surface area contributed by atoms with Crippen LogP contribution in [0.5, 0.6) is 0 Å². The highest BCUT2D eigenvalue weighted by Crippen LogP contribution is 2.44. The SMILES string of the molecule is C=C1O[C@H](C(Cl)(Cl)Cl)O[C@]1(C)CC. The van der Waals surface area contributed by atoms with Gasteiger partial charge in [0.05, 0.1) is 0 Å². The number of alkyl halides is 3. The number of halogens is 3. The minimum absolute atomic E-state index is 0.506. The van der Waals surface area contributed by atoms with Crippen LogP contribution >= 0.6 is 34.8 Å². The van der Waals surface area contributed by atoms with Gasteiger partial charge < -0.3 is 9.47 Å². The summed E-state index contributed by atoms with van der Waals surface area (Å²) in [6.07, 6.45) is -0.141. The molecule has 0 radical (unpaired) electrons. The molecular formula is C8H11Cl3O2. The van der Waals surface area contributed by atoms with Gasteiger partial charge in [0, 0.05) is 0 Å². The van der Waals surface area contributed by atoms with E-state index in [-0.39, 0.29) is 0 Å². The minimum atomic E-state index is -1.57. The first kappa shape index (κ1) is 11.4. The van der Waals surface area contributed by atoms with Crippen LogP contribution in [0.25, 0.3) is 0 Å². The van der Waals surface area contributed by atoms with Crippen molar-refractivity contribution in [2.75, 3.05) is 0 Å². The third kappa shape index (κ3) is 2.24. The van der Waals surface area contributed by atoms with Gasteiger partial charge in [-0.3, -0.25) is 0 Å². The molecule has 2 nitrogen and oxygen atoms in total. The molecule has 13 heavy (non-hydrogen) atoms. The smallest absolute Gasteiger partial charge is 0.252 e. The van der Waals surface area contributed by atoms with Gasteiger partial charge in [-0.2, -0.15) is 0 Å². The number of rotatable bonds is 1. The van der Waals surface area contributed by atoms with Crippen molar-refractivity contribution in [3.05, 3.63) is 12.3 Å². The lowest BCUT2D eigenvalue weighted by molar-refractivity contribution is -0.0804. The first-order chi connectivity index (χ1) is 5.79. The van der Waals surface area contributed by atoms with Crippen LogP contribution in [-0.2, 0) is 9.47 Å². The summed E-state index contributed by atoms with van der Waals surface area (Å²) in [6, 6.07) is 0. The highest BCUT2D eigenvalue weighted by atomic mass is 35.6. The molecular weight excluding hydrogens is 234 g/mol. The fourth-order valence-electron chi connectivity index (χ4n) is 0.994. The van der Waals surface area contributed by atoms with Crippen LogP contribution in [0, 0.1) is 0 Å². The van der Waals surface area contributed by atoms with Gasteiger partial charge in [0.25, 0.3) is 3.79 Å². The Morgan fingerprint density at radius 3 is 2.31 bits per heavy atom. The average Bonchev–Trinajstić information content (AvgIpc) is 2.29. The molecule has 0 aromatic carbocycles. The maximum absolute atomic E-state index is 5.63. The van der Waals surface area contributed by atoms with Crippen LogP contribution in [-0.4, -0.2) is 15.7 Å². The fraction of sp³-hybridized carbons (Fsp3) is 0.750. The van der Waals surface area contributed by atoms with E-state index in [0.29, 0.717) is 5.76 Å². The third-order valence-corrected chi connectivity index (χ3v) is 2.68. The van der Waals surface area contributed by atoms with E-state index < -0.39 is 15.7 Å². The molecule has 0 aromatic heterocycles. The molecule has 0 N–H and O–H groups in total. The molecule has 0 unspecified atom stereocenters. The minimum Gasteiger partial charge on any atom is -0.462 e. The molecule has 1 saturated heterocycles. The summed E-state index contributed by atoms with van der Waals surface area (Å²) < 4.78 is 9.10. The lowest BCUT2D eigenvalue weighted by Crippen LogP contribution is -2.31. The number of ether oxygens (including phenoxy) is 2. The van der Waals surface area contributed by atoms with Crippen LogP contribution < -0.4 is 0 Å². The van der Waals surface area contributed by atoms with Gasteiger partial charge in [0.2, 0.25) is 6.29 Å². The zero-order chi connectivity index (χ0) is 10.3. The Kier molecular flexibility index (Phi) is 3.08. The second-order valence-corrected chi connectivity index (χ2v) is 5.49. The molecule has 0 aliphatic carbocycles. The Bertz CT molecular complexity index is 224. The predicted molar refractivity (Wildman–Crippen MR) is 54.1 cm³/mol. The van der Waals surface area contributed by atoms with Crippen molar-refractivity contribution in [3.8, 4) is 0 Å².